The molecule has 0 bridgehead atoms. The molecule has 0 atom stereocenters. The first-order valence-electron chi connectivity index (χ1n) is 5.09. The number of carbonyl (C=O) groups excluding carboxylic acids is 1. The summed E-state index contributed by atoms with van der Waals surface area (Å²) >= 11 is 0. The van der Waals surface area contributed by atoms with Crippen LogP contribution in [0, 0.1) is 0 Å². The van der Waals surface area contributed by atoms with Gasteiger partial charge in [0.2, 0.25) is 0 Å². The van der Waals surface area contributed by atoms with Crippen molar-refractivity contribution in [1.82, 2.24) is 0 Å². The fourth-order valence-electron chi connectivity index (χ4n) is 1.52. The molecule has 0 radical (unpaired) electrons. The number of Topliss-reactive ketones (excluding diaryl/α,β-unsaturated/α-hetero) is 1. The summed E-state index contributed by atoms with van der Waals surface area (Å²) in [5.74, 6) is 0.231. The summed E-state index contributed by atoms with van der Waals surface area (Å²) in [5.41, 5.74) is 1.52. The van der Waals surface area contributed by atoms with E-state index in [1.165, 1.54) is 13.0 Å². The summed E-state index contributed by atoms with van der Waals surface area (Å²) in [6.07, 6.45) is 0.912. The number of halogens is 2. The van der Waals surface area contributed by atoms with Crippen molar-refractivity contribution in [2.24, 2.45) is 0 Å². The highest BCUT2D eigenvalue weighted by molar-refractivity contribution is 5.78. The van der Waals surface area contributed by atoms with Gasteiger partial charge in [-0.3, -0.25) is 4.79 Å². The van der Waals surface area contributed by atoms with Gasteiger partial charge in [-0.25, -0.2) is 0 Å². The largest absolute Gasteiger partial charge is 0.435 e. The molecule has 0 heterocycles. The molecule has 0 fully saturated rings. The Hall–Kier alpha value is -1.45. The van der Waals surface area contributed by atoms with Crippen molar-refractivity contribution in [2.75, 3.05) is 0 Å². The lowest BCUT2D eigenvalue weighted by atomic mass is 10.0. The average molecular weight is 228 g/mol. The van der Waals surface area contributed by atoms with Gasteiger partial charge in [-0.2, -0.15) is 8.78 Å². The van der Waals surface area contributed by atoms with Gasteiger partial charge in [0.1, 0.15) is 11.5 Å². The van der Waals surface area contributed by atoms with Crippen molar-refractivity contribution in [3.8, 4) is 5.75 Å². The van der Waals surface area contributed by atoms with Crippen molar-refractivity contribution >= 4 is 5.78 Å². The Morgan fingerprint density at radius 1 is 1.44 bits per heavy atom. The summed E-state index contributed by atoms with van der Waals surface area (Å²) in [4.78, 5) is 10.9. The van der Waals surface area contributed by atoms with Crippen LogP contribution in [0.15, 0.2) is 18.2 Å². The maximum Gasteiger partial charge on any atom is 0.387 e. The highest BCUT2D eigenvalue weighted by Crippen LogP contribution is 2.23. The van der Waals surface area contributed by atoms with E-state index in [0.717, 1.165) is 5.56 Å². The van der Waals surface area contributed by atoms with Crippen molar-refractivity contribution in [3.63, 3.8) is 0 Å². The SMILES string of the molecule is CCc1cc(CC(C)=O)ccc1OC(F)F. The Labute approximate surface area is 93.2 Å². The summed E-state index contributed by atoms with van der Waals surface area (Å²) in [5, 5.41) is 0. The second-order valence-corrected chi connectivity index (χ2v) is 3.55. The van der Waals surface area contributed by atoms with Crippen LogP contribution in [-0.2, 0) is 17.6 Å². The minimum absolute atomic E-state index is 0.0459. The molecule has 0 saturated carbocycles. The Kier molecular flexibility index (Phi) is 4.40. The number of alkyl halides is 2. The highest BCUT2D eigenvalue weighted by atomic mass is 19.3. The van der Waals surface area contributed by atoms with Gasteiger partial charge in [0.05, 0.1) is 0 Å². The number of hydrogen-bond donors (Lipinski definition) is 0. The zero-order valence-electron chi connectivity index (χ0n) is 9.30. The number of rotatable bonds is 5. The van der Waals surface area contributed by atoms with E-state index in [-0.39, 0.29) is 11.5 Å². The zero-order valence-corrected chi connectivity index (χ0v) is 9.30. The number of benzene rings is 1. The van der Waals surface area contributed by atoms with Crippen molar-refractivity contribution in [3.05, 3.63) is 29.3 Å². The fraction of sp³-hybridized carbons (Fsp3) is 0.417. The number of carbonyl (C=O) groups is 1. The monoisotopic (exact) mass is 228 g/mol. The van der Waals surface area contributed by atoms with Crippen molar-refractivity contribution < 1.29 is 18.3 Å². The molecular formula is C12H14F2O2. The standard InChI is InChI=1S/C12H14F2O2/c1-3-10-7-9(6-8(2)15)4-5-11(10)16-12(13)14/h4-5,7,12H,3,6H2,1-2H3. The lowest BCUT2D eigenvalue weighted by molar-refractivity contribution is -0.116. The smallest absolute Gasteiger partial charge is 0.387 e. The topological polar surface area (TPSA) is 26.3 Å². The lowest BCUT2D eigenvalue weighted by Crippen LogP contribution is -2.05. The molecule has 0 spiro atoms. The third kappa shape index (κ3) is 3.61. The van der Waals surface area contributed by atoms with E-state index in [9.17, 15) is 13.6 Å². The van der Waals surface area contributed by atoms with E-state index in [2.05, 4.69) is 4.74 Å². The third-order valence-corrected chi connectivity index (χ3v) is 2.17. The second kappa shape index (κ2) is 5.58. The molecule has 0 unspecified atom stereocenters. The predicted molar refractivity (Wildman–Crippen MR) is 56.8 cm³/mol. The van der Waals surface area contributed by atoms with Gasteiger partial charge >= 0.3 is 6.61 Å². The number of hydrogen-bond acceptors (Lipinski definition) is 2. The Bertz CT molecular complexity index is 375. The molecule has 0 amide bonds. The van der Waals surface area contributed by atoms with Crippen molar-refractivity contribution in [1.29, 1.82) is 0 Å². The van der Waals surface area contributed by atoms with Gasteiger partial charge < -0.3 is 4.74 Å². The van der Waals surface area contributed by atoms with Gasteiger partial charge in [-0.1, -0.05) is 19.1 Å². The molecule has 1 aromatic rings. The molecule has 16 heavy (non-hydrogen) atoms. The van der Waals surface area contributed by atoms with E-state index in [0.29, 0.717) is 18.4 Å². The molecule has 0 aliphatic heterocycles. The molecule has 0 saturated heterocycles. The molecule has 4 heteroatoms. The molecule has 0 aliphatic rings. The van der Waals surface area contributed by atoms with Gasteiger partial charge in [0.25, 0.3) is 0 Å². The van der Waals surface area contributed by atoms with E-state index in [1.54, 1.807) is 12.1 Å². The Balaban J connectivity index is 2.92. The number of ether oxygens (including phenoxy) is 1. The molecule has 0 aromatic heterocycles. The molecule has 1 aromatic carbocycles. The Morgan fingerprint density at radius 2 is 2.12 bits per heavy atom. The Morgan fingerprint density at radius 3 is 2.62 bits per heavy atom. The fourth-order valence-corrected chi connectivity index (χ4v) is 1.52. The summed E-state index contributed by atoms with van der Waals surface area (Å²) in [6.45, 7) is 0.532. The average Bonchev–Trinajstić information content (AvgIpc) is 2.18. The lowest BCUT2D eigenvalue weighted by Gasteiger charge is -2.10. The first-order valence-corrected chi connectivity index (χ1v) is 5.09. The predicted octanol–water partition coefficient (Wildman–Crippen LogP) is 2.98. The van der Waals surface area contributed by atoms with Crippen LogP contribution in [0.2, 0.25) is 0 Å². The molecule has 88 valence electrons. The molecule has 0 N–H and O–H groups in total. The second-order valence-electron chi connectivity index (χ2n) is 3.55. The zero-order chi connectivity index (χ0) is 12.1. The van der Waals surface area contributed by atoms with Crippen LogP contribution in [0.3, 0.4) is 0 Å². The first-order chi connectivity index (χ1) is 7.52. The normalized spacial score (nSPS) is 10.6. The van der Waals surface area contributed by atoms with Crippen LogP contribution in [0.4, 0.5) is 8.78 Å². The van der Waals surface area contributed by atoms with Crippen LogP contribution in [-0.4, -0.2) is 12.4 Å². The van der Waals surface area contributed by atoms with Crippen LogP contribution < -0.4 is 4.74 Å². The van der Waals surface area contributed by atoms with E-state index in [1.807, 2.05) is 6.92 Å². The van der Waals surface area contributed by atoms with Crippen LogP contribution in [0.1, 0.15) is 25.0 Å². The third-order valence-electron chi connectivity index (χ3n) is 2.17. The van der Waals surface area contributed by atoms with Gasteiger partial charge in [-0.05, 0) is 30.5 Å². The number of ketones is 1. The summed E-state index contributed by atoms with van der Waals surface area (Å²) < 4.78 is 28.5. The first kappa shape index (κ1) is 12.6. The van der Waals surface area contributed by atoms with Gasteiger partial charge in [0, 0.05) is 6.42 Å². The van der Waals surface area contributed by atoms with Crippen molar-refractivity contribution in [2.45, 2.75) is 33.3 Å². The van der Waals surface area contributed by atoms with Gasteiger partial charge in [0.15, 0.2) is 0 Å². The van der Waals surface area contributed by atoms with Crippen LogP contribution >= 0.6 is 0 Å². The molecule has 2 nitrogen and oxygen atoms in total. The molecular weight excluding hydrogens is 214 g/mol. The maximum absolute atomic E-state index is 12.1. The number of aryl methyl sites for hydroxylation is 1. The van der Waals surface area contributed by atoms with Gasteiger partial charge in [-0.15, -0.1) is 0 Å². The van der Waals surface area contributed by atoms with E-state index in [4.69, 9.17) is 0 Å². The van der Waals surface area contributed by atoms with Crippen LogP contribution in [0.25, 0.3) is 0 Å². The minimum Gasteiger partial charge on any atom is -0.435 e. The van der Waals surface area contributed by atoms with Crippen LogP contribution in [0.5, 0.6) is 5.75 Å². The maximum atomic E-state index is 12.1. The van der Waals surface area contributed by atoms with E-state index >= 15 is 0 Å². The quantitative estimate of drug-likeness (QED) is 0.774. The molecule has 0 aliphatic carbocycles. The molecule has 1 rings (SSSR count). The van der Waals surface area contributed by atoms with E-state index < -0.39 is 6.61 Å². The summed E-state index contributed by atoms with van der Waals surface area (Å²) in [7, 11) is 0. The minimum atomic E-state index is -2.82. The highest BCUT2D eigenvalue weighted by Gasteiger charge is 2.09. The summed E-state index contributed by atoms with van der Waals surface area (Å²) in [6, 6.07) is 4.86.